The number of anilines is 1. The van der Waals surface area contributed by atoms with Gasteiger partial charge in [0.05, 0.1) is 52.5 Å². The Morgan fingerprint density at radius 1 is 1.11 bits per heavy atom. The molecule has 10 heteroatoms. The monoisotopic (exact) mass is 488 g/mol. The van der Waals surface area contributed by atoms with E-state index in [1.165, 1.54) is 36.4 Å². The highest BCUT2D eigenvalue weighted by molar-refractivity contribution is 6.23. The Labute approximate surface area is 198 Å². The van der Waals surface area contributed by atoms with Gasteiger partial charge < -0.3 is 9.47 Å². The summed E-state index contributed by atoms with van der Waals surface area (Å²) in [4.78, 5) is 27.7. The van der Waals surface area contributed by atoms with Gasteiger partial charge in [-0.1, -0.05) is 0 Å². The molecule has 0 aromatic heterocycles. The van der Waals surface area contributed by atoms with Crippen molar-refractivity contribution < 1.29 is 36.6 Å². The molecule has 4 atom stereocenters. The number of rotatable bonds is 5. The molecule has 2 amide bonds. The number of halogens is 4. The molecule has 3 aliphatic heterocycles. The van der Waals surface area contributed by atoms with Gasteiger partial charge in [-0.2, -0.15) is 18.4 Å². The Morgan fingerprint density at radius 2 is 1.80 bits per heavy atom. The van der Waals surface area contributed by atoms with E-state index < -0.39 is 58.0 Å². The van der Waals surface area contributed by atoms with E-state index in [0.29, 0.717) is 24.7 Å². The Kier molecular flexibility index (Phi) is 5.18. The van der Waals surface area contributed by atoms with E-state index in [0.717, 1.165) is 11.0 Å². The number of ether oxygens (including phenoxy) is 2. The molecule has 0 spiro atoms. The number of hydrogen-bond donors (Lipinski definition) is 0. The maximum Gasteiger partial charge on any atom is 0.417 e. The van der Waals surface area contributed by atoms with Gasteiger partial charge in [0.2, 0.25) is 11.8 Å². The average Bonchev–Trinajstić information content (AvgIpc) is 3.38. The molecule has 182 valence electrons. The molecule has 5 rings (SSSR count). The van der Waals surface area contributed by atoms with E-state index in [1.807, 2.05) is 0 Å². The largest absolute Gasteiger partial charge is 0.493 e. The van der Waals surface area contributed by atoms with Crippen LogP contribution in [0.1, 0.15) is 37.3 Å². The summed E-state index contributed by atoms with van der Waals surface area (Å²) < 4.78 is 65.6. The molecule has 2 bridgehead atoms. The number of nitriles is 1. The lowest BCUT2D eigenvalue weighted by atomic mass is 9.67. The standard InChI is InChI=1S/C25H20F4N2O4/c1-23-8-9-24(35-23,10-11-34-17-6-3-15(26)4-7-17)20-19(23)21(32)31(22(20)33)16-5-2-14(13-30)18(12-16)25(27,28)29/h2-7,12,19-20H,8-11H2,1H3. The lowest BCUT2D eigenvalue weighted by Crippen LogP contribution is -2.43. The zero-order chi connectivity index (χ0) is 25.2. The minimum absolute atomic E-state index is 0.140. The van der Waals surface area contributed by atoms with Crippen LogP contribution in [0.5, 0.6) is 5.75 Å². The van der Waals surface area contributed by atoms with E-state index in [4.69, 9.17) is 14.7 Å². The molecule has 3 aliphatic rings. The Hall–Kier alpha value is -3.45. The van der Waals surface area contributed by atoms with Crippen molar-refractivity contribution in [2.75, 3.05) is 11.5 Å². The lowest BCUT2D eigenvalue weighted by molar-refractivity contribution is -0.138. The highest BCUT2D eigenvalue weighted by atomic mass is 19.4. The summed E-state index contributed by atoms with van der Waals surface area (Å²) in [6, 6.07) is 9.77. The minimum atomic E-state index is -4.82. The molecule has 0 aliphatic carbocycles. The number of alkyl halides is 3. The van der Waals surface area contributed by atoms with Crippen LogP contribution in [-0.2, 0) is 20.5 Å². The van der Waals surface area contributed by atoms with Crippen molar-refractivity contribution in [2.45, 2.75) is 43.6 Å². The van der Waals surface area contributed by atoms with Crippen LogP contribution >= 0.6 is 0 Å². The Morgan fingerprint density at radius 3 is 2.46 bits per heavy atom. The van der Waals surface area contributed by atoms with Crippen LogP contribution in [0, 0.1) is 29.0 Å². The molecule has 0 N–H and O–H groups in total. The third-order valence-electron chi connectivity index (χ3n) is 7.31. The second-order valence-electron chi connectivity index (χ2n) is 9.34. The normalized spacial score (nSPS) is 29.4. The highest BCUT2D eigenvalue weighted by Gasteiger charge is 2.73. The van der Waals surface area contributed by atoms with E-state index in [9.17, 15) is 27.2 Å². The zero-order valence-electron chi connectivity index (χ0n) is 18.6. The summed E-state index contributed by atoms with van der Waals surface area (Å²) in [6.45, 7) is 1.89. The van der Waals surface area contributed by atoms with Gasteiger partial charge in [-0.15, -0.1) is 0 Å². The molecule has 3 saturated heterocycles. The molecule has 6 nitrogen and oxygen atoms in total. The maximum absolute atomic E-state index is 13.5. The summed E-state index contributed by atoms with van der Waals surface area (Å²) in [5, 5.41) is 9.05. The fourth-order valence-electron chi connectivity index (χ4n) is 5.74. The van der Waals surface area contributed by atoms with E-state index in [1.54, 1.807) is 6.92 Å². The van der Waals surface area contributed by atoms with E-state index in [-0.39, 0.29) is 18.7 Å². The number of carbonyl (C=O) groups is 2. The summed E-state index contributed by atoms with van der Waals surface area (Å²) >= 11 is 0. The molecular formula is C25H20F4N2O4. The van der Waals surface area contributed by atoms with Crippen molar-refractivity contribution in [3.63, 3.8) is 0 Å². The number of imide groups is 1. The number of hydrogen-bond acceptors (Lipinski definition) is 5. The smallest absolute Gasteiger partial charge is 0.417 e. The highest BCUT2D eigenvalue weighted by Crippen LogP contribution is 2.62. The number of benzene rings is 2. The fourth-order valence-corrected chi connectivity index (χ4v) is 5.74. The van der Waals surface area contributed by atoms with Crippen LogP contribution in [0.25, 0.3) is 0 Å². The fraction of sp³-hybridized carbons (Fsp3) is 0.400. The number of carbonyl (C=O) groups excluding carboxylic acids is 2. The first-order valence-corrected chi connectivity index (χ1v) is 11.1. The molecule has 3 fully saturated rings. The number of amides is 2. The minimum Gasteiger partial charge on any atom is -0.493 e. The van der Waals surface area contributed by atoms with Gasteiger partial charge in [-0.05, 0) is 62.2 Å². The third-order valence-corrected chi connectivity index (χ3v) is 7.31. The molecule has 35 heavy (non-hydrogen) atoms. The average molecular weight is 488 g/mol. The first-order valence-electron chi connectivity index (χ1n) is 11.1. The first-order chi connectivity index (χ1) is 16.5. The van der Waals surface area contributed by atoms with Crippen LogP contribution in [-0.4, -0.2) is 29.6 Å². The quantitative estimate of drug-likeness (QED) is 0.454. The van der Waals surface area contributed by atoms with Gasteiger partial charge in [-0.3, -0.25) is 9.59 Å². The summed E-state index contributed by atoms with van der Waals surface area (Å²) in [5.74, 6) is -2.90. The maximum atomic E-state index is 13.5. The first kappa shape index (κ1) is 23.3. The Bertz CT molecular complexity index is 1260. The van der Waals surface area contributed by atoms with Crippen LogP contribution in [0.4, 0.5) is 23.2 Å². The van der Waals surface area contributed by atoms with Crippen molar-refractivity contribution in [1.29, 1.82) is 5.26 Å². The van der Waals surface area contributed by atoms with Gasteiger partial charge in [0.1, 0.15) is 11.6 Å². The summed E-state index contributed by atoms with van der Waals surface area (Å²) in [6.07, 6.45) is -3.55. The molecule has 0 saturated carbocycles. The summed E-state index contributed by atoms with van der Waals surface area (Å²) in [7, 11) is 0. The second-order valence-corrected chi connectivity index (χ2v) is 9.34. The lowest BCUT2D eigenvalue weighted by Gasteiger charge is -2.31. The Balaban J connectivity index is 1.43. The van der Waals surface area contributed by atoms with Gasteiger partial charge in [0.25, 0.3) is 0 Å². The van der Waals surface area contributed by atoms with Gasteiger partial charge in [0, 0.05) is 6.42 Å². The number of nitrogens with zero attached hydrogens (tertiary/aromatic N) is 2. The van der Waals surface area contributed by atoms with Crippen molar-refractivity contribution in [3.05, 3.63) is 59.4 Å². The van der Waals surface area contributed by atoms with Crippen molar-refractivity contribution in [1.82, 2.24) is 0 Å². The molecule has 4 unspecified atom stereocenters. The van der Waals surface area contributed by atoms with E-state index in [2.05, 4.69) is 0 Å². The number of fused-ring (bicyclic) bond motifs is 5. The molecular weight excluding hydrogens is 468 g/mol. The third kappa shape index (κ3) is 3.57. The van der Waals surface area contributed by atoms with Crippen molar-refractivity contribution >= 4 is 17.5 Å². The van der Waals surface area contributed by atoms with Crippen LogP contribution < -0.4 is 9.64 Å². The molecule has 2 aromatic carbocycles. The van der Waals surface area contributed by atoms with Crippen LogP contribution in [0.2, 0.25) is 0 Å². The SMILES string of the molecule is CC12CCC(CCOc3ccc(F)cc3)(O1)C1C(=O)N(c3ccc(C#N)c(C(F)(F)F)c3)C(=O)C12. The van der Waals surface area contributed by atoms with Crippen molar-refractivity contribution in [2.24, 2.45) is 11.8 Å². The van der Waals surface area contributed by atoms with E-state index >= 15 is 0 Å². The van der Waals surface area contributed by atoms with Crippen molar-refractivity contribution in [3.8, 4) is 11.8 Å². The topological polar surface area (TPSA) is 79.6 Å². The van der Waals surface area contributed by atoms with Crippen LogP contribution in [0.15, 0.2) is 42.5 Å². The molecule has 2 aromatic rings. The zero-order valence-corrected chi connectivity index (χ0v) is 18.6. The summed E-state index contributed by atoms with van der Waals surface area (Å²) in [5.41, 5.74) is -3.95. The predicted octanol–water partition coefficient (Wildman–Crippen LogP) is 4.61. The molecule has 0 radical (unpaired) electrons. The van der Waals surface area contributed by atoms with Gasteiger partial charge in [0.15, 0.2) is 0 Å². The molecule has 3 heterocycles. The predicted molar refractivity (Wildman–Crippen MR) is 114 cm³/mol. The van der Waals surface area contributed by atoms with Gasteiger partial charge in [-0.25, -0.2) is 9.29 Å². The second kappa shape index (κ2) is 7.78. The van der Waals surface area contributed by atoms with Crippen LogP contribution in [0.3, 0.4) is 0 Å². The van der Waals surface area contributed by atoms with Gasteiger partial charge >= 0.3 is 6.18 Å².